The first kappa shape index (κ1) is 13.3. The lowest BCUT2D eigenvalue weighted by atomic mass is 9.77. The molecule has 112 valence electrons. The van der Waals surface area contributed by atoms with E-state index in [1.54, 1.807) is 0 Å². The zero-order chi connectivity index (χ0) is 14.6. The Labute approximate surface area is 124 Å². The summed E-state index contributed by atoms with van der Waals surface area (Å²) in [6, 6.07) is 9.10. The smallest absolute Gasteiger partial charge is 0.0928 e. The Bertz CT molecular complexity index is 664. The van der Waals surface area contributed by atoms with E-state index in [4.69, 9.17) is 4.74 Å². The number of hydrogen-bond donors (Lipinski definition) is 1. The van der Waals surface area contributed by atoms with Gasteiger partial charge < -0.3 is 14.4 Å². The standard InChI is InChI=1S/C17H22N2O2/c1-18-6-5-12-7-13(3-4-16(12)18)17(20)8-14-10-21-11-15(9-17)19(14)2/h3-7,14-15,20H,8-11H2,1-2H3. The van der Waals surface area contributed by atoms with Crippen molar-refractivity contribution in [2.45, 2.75) is 30.5 Å². The molecule has 2 fully saturated rings. The van der Waals surface area contributed by atoms with E-state index in [0.717, 1.165) is 31.6 Å². The molecule has 0 spiro atoms. The third kappa shape index (κ3) is 2.01. The number of aryl methyl sites for hydroxylation is 1. The molecule has 1 aromatic heterocycles. The fraction of sp³-hybridized carbons (Fsp3) is 0.529. The molecule has 3 heterocycles. The lowest BCUT2D eigenvalue weighted by Crippen LogP contribution is -2.59. The van der Waals surface area contributed by atoms with Crippen molar-refractivity contribution in [3.63, 3.8) is 0 Å². The van der Waals surface area contributed by atoms with Gasteiger partial charge in [0.15, 0.2) is 0 Å². The highest BCUT2D eigenvalue weighted by molar-refractivity contribution is 5.81. The zero-order valence-electron chi connectivity index (χ0n) is 12.6. The minimum absolute atomic E-state index is 0.314. The van der Waals surface area contributed by atoms with Gasteiger partial charge in [-0.2, -0.15) is 0 Å². The SMILES string of the molecule is CN1C2COCC1CC(O)(c1ccc3c(ccn3C)c1)C2. The molecular formula is C17H22N2O2. The summed E-state index contributed by atoms with van der Waals surface area (Å²) in [5.41, 5.74) is 1.53. The summed E-state index contributed by atoms with van der Waals surface area (Å²) in [5, 5.41) is 12.4. The number of rotatable bonds is 1. The molecule has 0 saturated carbocycles. The Hall–Kier alpha value is -1.36. The molecule has 4 nitrogen and oxygen atoms in total. The van der Waals surface area contributed by atoms with Gasteiger partial charge in [-0.05, 0) is 49.0 Å². The number of ether oxygens (including phenoxy) is 1. The van der Waals surface area contributed by atoms with Crippen molar-refractivity contribution in [2.75, 3.05) is 20.3 Å². The van der Waals surface area contributed by atoms with E-state index in [1.807, 2.05) is 7.05 Å². The third-order valence-corrected chi connectivity index (χ3v) is 5.34. The Morgan fingerprint density at radius 2 is 1.86 bits per heavy atom. The molecule has 2 aliphatic rings. The molecule has 21 heavy (non-hydrogen) atoms. The topological polar surface area (TPSA) is 37.6 Å². The summed E-state index contributed by atoms with van der Waals surface area (Å²) in [4.78, 5) is 2.37. The van der Waals surface area contributed by atoms with Gasteiger partial charge in [0, 0.05) is 30.8 Å². The van der Waals surface area contributed by atoms with Gasteiger partial charge in [-0.25, -0.2) is 0 Å². The van der Waals surface area contributed by atoms with Crippen LogP contribution in [-0.2, 0) is 17.4 Å². The average molecular weight is 286 g/mol. The number of nitrogens with zero attached hydrogens (tertiary/aromatic N) is 2. The van der Waals surface area contributed by atoms with E-state index in [-0.39, 0.29) is 0 Å². The fourth-order valence-electron chi connectivity index (χ4n) is 3.95. The molecule has 1 aromatic carbocycles. The second-order valence-corrected chi connectivity index (χ2v) is 6.65. The van der Waals surface area contributed by atoms with Gasteiger partial charge in [0.2, 0.25) is 0 Å². The van der Waals surface area contributed by atoms with E-state index in [9.17, 15) is 5.11 Å². The normalized spacial score (nSPS) is 33.5. The maximum Gasteiger partial charge on any atom is 0.0928 e. The quantitative estimate of drug-likeness (QED) is 0.869. The maximum absolute atomic E-state index is 11.2. The number of morpholine rings is 1. The molecule has 0 amide bonds. The number of likely N-dealkylation sites (N-methyl/N-ethyl adjacent to an activating group) is 1. The minimum atomic E-state index is -0.727. The van der Waals surface area contributed by atoms with Crippen LogP contribution in [0.1, 0.15) is 18.4 Å². The molecule has 1 N–H and O–H groups in total. The van der Waals surface area contributed by atoms with Crippen LogP contribution in [0, 0.1) is 0 Å². The summed E-state index contributed by atoms with van der Waals surface area (Å²) in [7, 11) is 4.20. The number of hydrogen-bond acceptors (Lipinski definition) is 3. The van der Waals surface area contributed by atoms with Crippen LogP contribution in [0.2, 0.25) is 0 Å². The van der Waals surface area contributed by atoms with Gasteiger partial charge in [0.25, 0.3) is 0 Å². The van der Waals surface area contributed by atoms with Gasteiger partial charge in [-0.3, -0.25) is 4.90 Å². The second-order valence-electron chi connectivity index (χ2n) is 6.65. The minimum Gasteiger partial charge on any atom is -0.385 e. The number of benzene rings is 1. The highest BCUT2D eigenvalue weighted by Gasteiger charge is 2.45. The molecule has 4 rings (SSSR count). The van der Waals surface area contributed by atoms with Crippen LogP contribution >= 0.6 is 0 Å². The average Bonchev–Trinajstić information content (AvgIpc) is 2.82. The predicted molar refractivity (Wildman–Crippen MR) is 82.2 cm³/mol. The zero-order valence-corrected chi connectivity index (χ0v) is 12.6. The van der Waals surface area contributed by atoms with Crippen LogP contribution in [-0.4, -0.2) is 46.9 Å². The predicted octanol–water partition coefficient (Wildman–Crippen LogP) is 1.86. The molecular weight excluding hydrogens is 264 g/mol. The number of piperidine rings is 1. The summed E-state index contributed by atoms with van der Waals surface area (Å²) in [6.07, 6.45) is 3.56. The Balaban J connectivity index is 1.73. The monoisotopic (exact) mass is 286 g/mol. The van der Waals surface area contributed by atoms with Crippen molar-refractivity contribution in [2.24, 2.45) is 7.05 Å². The molecule has 2 aliphatic heterocycles. The second kappa shape index (κ2) is 4.57. The van der Waals surface area contributed by atoms with Crippen molar-refractivity contribution in [3.8, 4) is 0 Å². The van der Waals surface area contributed by atoms with Crippen molar-refractivity contribution in [1.82, 2.24) is 9.47 Å². The molecule has 2 atom stereocenters. The van der Waals surface area contributed by atoms with Crippen molar-refractivity contribution in [1.29, 1.82) is 0 Å². The summed E-state index contributed by atoms with van der Waals surface area (Å²) in [5.74, 6) is 0. The van der Waals surface area contributed by atoms with Gasteiger partial charge in [0.05, 0.1) is 18.8 Å². The third-order valence-electron chi connectivity index (χ3n) is 5.34. The van der Waals surface area contributed by atoms with Gasteiger partial charge in [0.1, 0.15) is 0 Å². The van der Waals surface area contributed by atoms with Crippen molar-refractivity contribution < 1.29 is 9.84 Å². The lowest BCUT2D eigenvalue weighted by molar-refractivity contribution is -0.137. The van der Waals surface area contributed by atoms with Crippen LogP contribution in [0.25, 0.3) is 10.9 Å². The van der Waals surface area contributed by atoms with Gasteiger partial charge in [-0.15, -0.1) is 0 Å². The first-order chi connectivity index (χ1) is 10.1. The molecule has 4 heteroatoms. The summed E-state index contributed by atoms with van der Waals surface area (Å²) < 4.78 is 7.77. The summed E-state index contributed by atoms with van der Waals surface area (Å²) in [6.45, 7) is 1.45. The Morgan fingerprint density at radius 1 is 1.14 bits per heavy atom. The Kier molecular flexibility index (Phi) is 2.89. The molecule has 2 aromatic rings. The first-order valence-corrected chi connectivity index (χ1v) is 7.64. The number of aliphatic hydroxyl groups is 1. The van der Waals surface area contributed by atoms with Crippen LogP contribution < -0.4 is 0 Å². The van der Waals surface area contributed by atoms with Gasteiger partial charge in [-0.1, -0.05) is 6.07 Å². The lowest BCUT2D eigenvalue weighted by Gasteiger charge is -2.50. The van der Waals surface area contributed by atoms with E-state index >= 15 is 0 Å². The first-order valence-electron chi connectivity index (χ1n) is 7.64. The largest absolute Gasteiger partial charge is 0.385 e. The maximum atomic E-state index is 11.2. The van der Waals surface area contributed by atoms with Gasteiger partial charge >= 0.3 is 0 Å². The van der Waals surface area contributed by atoms with Crippen LogP contribution in [0.4, 0.5) is 0 Å². The van der Waals surface area contributed by atoms with E-state index in [0.29, 0.717) is 12.1 Å². The van der Waals surface area contributed by atoms with E-state index < -0.39 is 5.60 Å². The molecule has 2 unspecified atom stereocenters. The van der Waals surface area contributed by atoms with Crippen LogP contribution in [0.3, 0.4) is 0 Å². The molecule has 0 aliphatic carbocycles. The highest BCUT2D eigenvalue weighted by Crippen LogP contribution is 2.41. The molecule has 0 radical (unpaired) electrons. The summed E-state index contributed by atoms with van der Waals surface area (Å²) >= 11 is 0. The van der Waals surface area contributed by atoms with E-state index in [2.05, 4.69) is 47.0 Å². The fourth-order valence-corrected chi connectivity index (χ4v) is 3.95. The number of aromatic nitrogens is 1. The Morgan fingerprint density at radius 3 is 2.57 bits per heavy atom. The number of fused-ring (bicyclic) bond motifs is 3. The van der Waals surface area contributed by atoms with Crippen LogP contribution in [0.5, 0.6) is 0 Å². The molecule has 2 saturated heterocycles. The highest BCUT2D eigenvalue weighted by atomic mass is 16.5. The van der Waals surface area contributed by atoms with E-state index in [1.165, 1.54) is 10.9 Å². The van der Waals surface area contributed by atoms with Crippen LogP contribution in [0.15, 0.2) is 30.5 Å². The van der Waals surface area contributed by atoms with Crippen molar-refractivity contribution in [3.05, 3.63) is 36.0 Å². The van der Waals surface area contributed by atoms with Crippen molar-refractivity contribution >= 4 is 10.9 Å². The molecule has 2 bridgehead atoms.